The van der Waals surface area contributed by atoms with Crippen molar-refractivity contribution in [3.63, 3.8) is 0 Å². The van der Waals surface area contributed by atoms with Gasteiger partial charge in [-0.3, -0.25) is 0 Å². The Morgan fingerprint density at radius 1 is 0.923 bits per heavy atom. The van der Waals surface area contributed by atoms with E-state index in [2.05, 4.69) is 0 Å². The van der Waals surface area contributed by atoms with E-state index < -0.39 is 24.1 Å². The molecular formula is C4H7Li2NO6. The topological polar surface area (TPSA) is 156 Å². The first-order valence-corrected chi connectivity index (χ1v) is 2.24. The number of aliphatic carboxylic acids is 2. The zero-order valence-electron chi connectivity index (χ0n) is 7.39. The fourth-order valence-electron chi connectivity index (χ4n) is 0.258. The fraction of sp³-hybridized carbons (Fsp3) is 0.500. The molecule has 0 saturated carbocycles. The summed E-state index contributed by atoms with van der Waals surface area (Å²) in [6, 6.07) is 0. The Hall–Kier alpha value is 0.0148. The van der Waals surface area contributed by atoms with Crippen LogP contribution in [0, 0.1) is 0 Å². The van der Waals surface area contributed by atoms with Crippen LogP contribution in [0.25, 0.3) is 0 Å². The molecule has 2 atom stereocenters. The smallest absolute Gasteiger partial charge is 0.547 e. The molecule has 66 valence electrons. The van der Waals surface area contributed by atoms with Gasteiger partial charge in [0.1, 0.15) is 12.2 Å². The zero-order valence-corrected chi connectivity index (χ0v) is 7.39. The van der Waals surface area contributed by atoms with E-state index >= 15 is 0 Å². The van der Waals surface area contributed by atoms with Gasteiger partial charge in [0.15, 0.2) is 0 Å². The molecule has 5 N–H and O–H groups in total. The van der Waals surface area contributed by atoms with Crippen LogP contribution in [0.2, 0.25) is 0 Å². The molecule has 0 aromatic carbocycles. The third-order valence-corrected chi connectivity index (χ3v) is 0.782. The van der Waals surface area contributed by atoms with Crippen molar-refractivity contribution in [1.29, 1.82) is 0 Å². The van der Waals surface area contributed by atoms with Crippen LogP contribution in [0.5, 0.6) is 0 Å². The summed E-state index contributed by atoms with van der Waals surface area (Å²) in [4.78, 5) is 19.3. The van der Waals surface area contributed by atoms with Gasteiger partial charge in [-0.15, -0.1) is 0 Å². The summed E-state index contributed by atoms with van der Waals surface area (Å²) in [5.74, 6) is -4.12. The third kappa shape index (κ3) is 8.35. The normalized spacial score (nSPS) is 12.2. The van der Waals surface area contributed by atoms with Gasteiger partial charge in [-0.1, -0.05) is 0 Å². The minimum Gasteiger partial charge on any atom is -0.547 e. The van der Waals surface area contributed by atoms with Gasteiger partial charge >= 0.3 is 37.7 Å². The van der Waals surface area contributed by atoms with Crippen molar-refractivity contribution in [2.45, 2.75) is 12.2 Å². The van der Waals surface area contributed by atoms with Gasteiger partial charge in [-0.05, 0) is 0 Å². The maximum Gasteiger partial charge on any atom is 1.00 e. The maximum absolute atomic E-state index is 9.63. The van der Waals surface area contributed by atoms with Gasteiger partial charge in [0.05, 0.1) is 11.9 Å². The van der Waals surface area contributed by atoms with Crippen LogP contribution in [0.3, 0.4) is 0 Å². The van der Waals surface area contributed by atoms with Crippen molar-refractivity contribution in [2.24, 2.45) is 0 Å². The SMILES string of the molecule is N.O=C([O-])C(O)C(O)C(=O)[O-].[Li+].[Li+]. The second kappa shape index (κ2) is 10.1. The van der Waals surface area contributed by atoms with E-state index in [1.54, 1.807) is 0 Å². The Morgan fingerprint density at radius 2 is 1.08 bits per heavy atom. The summed E-state index contributed by atoms with van der Waals surface area (Å²) >= 11 is 0. The molecule has 0 amide bonds. The van der Waals surface area contributed by atoms with E-state index in [9.17, 15) is 19.8 Å². The van der Waals surface area contributed by atoms with Crippen molar-refractivity contribution in [2.75, 3.05) is 0 Å². The molecule has 9 heteroatoms. The summed E-state index contributed by atoms with van der Waals surface area (Å²) in [5, 5.41) is 35.7. The van der Waals surface area contributed by atoms with Gasteiger partial charge in [-0.25, -0.2) is 0 Å². The van der Waals surface area contributed by atoms with Gasteiger partial charge in [-0.2, -0.15) is 0 Å². The molecule has 0 rings (SSSR count). The monoisotopic (exact) mass is 179 g/mol. The molecule has 0 spiro atoms. The van der Waals surface area contributed by atoms with E-state index in [4.69, 9.17) is 10.2 Å². The quantitative estimate of drug-likeness (QED) is 0.363. The number of carbonyl (C=O) groups excluding carboxylic acids is 2. The summed E-state index contributed by atoms with van der Waals surface area (Å²) < 4.78 is 0. The maximum atomic E-state index is 9.63. The molecule has 0 aromatic heterocycles. The predicted octanol–water partition coefficient (Wildman–Crippen LogP) is -10.6. The molecule has 0 fully saturated rings. The second-order valence-electron chi connectivity index (χ2n) is 1.53. The molecule has 0 heterocycles. The number of carboxylic acids is 2. The van der Waals surface area contributed by atoms with Gasteiger partial charge in [0, 0.05) is 0 Å². The Bertz CT molecular complexity index is 147. The average molecular weight is 179 g/mol. The molecule has 0 aliphatic heterocycles. The predicted molar refractivity (Wildman–Crippen MR) is 27.0 cm³/mol. The van der Waals surface area contributed by atoms with Crippen molar-refractivity contribution in [3.05, 3.63) is 0 Å². The molecule has 0 aliphatic carbocycles. The number of aliphatic hydroxyl groups excluding tert-OH is 2. The Morgan fingerprint density at radius 3 is 1.15 bits per heavy atom. The van der Waals surface area contributed by atoms with E-state index in [1.807, 2.05) is 0 Å². The first-order valence-electron chi connectivity index (χ1n) is 2.24. The number of hydrogen-bond donors (Lipinski definition) is 3. The van der Waals surface area contributed by atoms with E-state index in [0.717, 1.165) is 0 Å². The second-order valence-corrected chi connectivity index (χ2v) is 1.53. The molecule has 13 heavy (non-hydrogen) atoms. The molecule has 0 saturated heterocycles. The third-order valence-electron chi connectivity index (χ3n) is 0.782. The minimum absolute atomic E-state index is 0. The van der Waals surface area contributed by atoms with Crippen molar-refractivity contribution in [1.82, 2.24) is 6.15 Å². The minimum atomic E-state index is -2.44. The van der Waals surface area contributed by atoms with Gasteiger partial charge in [0.2, 0.25) is 0 Å². The Labute approximate surface area is 98.1 Å². The van der Waals surface area contributed by atoms with Crippen molar-refractivity contribution in [3.8, 4) is 0 Å². The number of carboxylic acid groups (broad SMARTS) is 2. The van der Waals surface area contributed by atoms with Crippen LogP contribution >= 0.6 is 0 Å². The van der Waals surface area contributed by atoms with Crippen LogP contribution in [0.4, 0.5) is 0 Å². The number of carbonyl (C=O) groups is 2. The molecule has 0 aliphatic rings. The fourth-order valence-corrected chi connectivity index (χ4v) is 0.258. The zero-order chi connectivity index (χ0) is 8.31. The molecule has 2 unspecified atom stereocenters. The van der Waals surface area contributed by atoms with Gasteiger partial charge in [0.25, 0.3) is 0 Å². The molecular weight excluding hydrogens is 172 g/mol. The average Bonchev–Trinajstić information content (AvgIpc) is 1.84. The summed E-state index contributed by atoms with van der Waals surface area (Å²) in [6.07, 6.45) is -4.88. The van der Waals surface area contributed by atoms with Crippen LogP contribution in [0.15, 0.2) is 0 Å². The largest absolute Gasteiger partial charge is 1.00 e. The first-order chi connectivity index (χ1) is 4.46. The van der Waals surface area contributed by atoms with E-state index in [0.29, 0.717) is 0 Å². The standard InChI is InChI=1S/C4H6O6.2Li.H3N/c5-1(3(7)8)2(6)4(9)10;;;/h1-2,5-6H,(H,7,8)(H,9,10);;;1H3/q;2*+1;/p-2. The molecule has 7 nitrogen and oxygen atoms in total. The van der Waals surface area contributed by atoms with Crippen LogP contribution in [0.1, 0.15) is 0 Å². The first kappa shape index (κ1) is 23.1. The van der Waals surface area contributed by atoms with Crippen LogP contribution < -0.4 is 54.1 Å². The summed E-state index contributed by atoms with van der Waals surface area (Å²) in [6.45, 7) is 0. The number of aliphatic hydroxyl groups is 2. The molecule has 0 aromatic rings. The summed E-state index contributed by atoms with van der Waals surface area (Å²) in [7, 11) is 0. The number of hydrogen-bond acceptors (Lipinski definition) is 7. The van der Waals surface area contributed by atoms with E-state index in [1.165, 1.54) is 0 Å². The van der Waals surface area contributed by atoms with Crippen molar-refractivity contribution >= 4 is 11.9 Å². The Kier molecular flexibility index (Phi) is 18.0. The molecule has 0 bridgehead atoms. The number of rotatable bonds is 3. The molecule has 0 radical (unpaired) electrons. The Balaban J connectivity index is -0.000000135. The van der Waals surface area contributed by atoms with E-state index in [-0.39, 0.29) is 43.9 Å². The van der Waals surface area contributed by atoms with Crippen LogP contribution in [-0.2, 0) is 9.59 Å². The van der Waals surface area contributed by atoms with Crippen LogP contribution in [-0.4, -0.2) is 34.4 Å². The summed E-state index contributed by atoms with van der Waals surface area (Å²) in [5.41, 5.74) is 0. The van der Waals surface area contributed by atoms with Crippen molar-refractivity contribution < 1.29 is 67.7 Å². The van der Waals surface area contributed by atoms with Gasteiger partial charge < -0.3 is 36.2 Å².